The van der Waals surface area contributed by atoms with Crippen LogP contribution in [0.3, 0.4) is 0 Å². The fraction of sp³-hybridized carbons (Fsp3) is 0.636. The molecule has 1 aliphatic carbocycles. The number of rotatable bonds is 3. The second-order valence-electron chi connectivity index (χ2n) is 4.11. The van der Waals surface area contributed by atoms with Gasteiger partial charge in [0, 0.05) is 38.1 Å². The summed E-state index contributed by atoms with van der Waals surface area (Å²) < 4.78 is 0. The predicted octanol–water partition coefficient (Wildman–Crippen LogP) is 2.28. The molecular weight excluding hydrogens is 315 g/mol. The van der Waals surface area contributed by atoms with Gasteiger partial charge in [0.25, 0.3) is 0 Å². The maximum absolute atomic E-state index is 9.79. The van der Waals surface area contributed by atoms with Crippen molar-refractivity contribution in [2.45, 2.75) is 30.6 Å². The first-order valence-corrected chi connectivity index (χ1v) is 6.44. The van der Waals surface area contributed by atoms with Gasteiger partial charge in [0.1, 0.15) is 0 Å². The van der Waals surface area contributed by atoms with Gasteiger partial charge in [-0.25, -0.2) is 6.07 Å². The molecule has 0 aromatic carbocycles. The number of aliphatic hydroxyl groups is 1. The first kappa shape index (κ1) is 15.2. The van der Waals surface area contributed by atoms with Gasteiger partial charge in [0.05, 0.1) is 14.0 Å². The van der Waals surface area contributed by atoms with Gasteiger partial charge in [-0.2, -0.15) is 6.07 Å². The molecule has 1 saturated carbocycles. The minimum Gasteiger partial charge on any atom is -0.393 e. The Hall–Kier alpha value is 1.12. The van der Waals surface area contributed by atoms with Gasteiger partial charge >= 0.3 is 0 Å². The molecule has 5 heteroatoms. The van der Waals surface area contributed by atoms with Crippen LogP contribution in [0.4, 0.5) is 0 Å². The molecule has 1 aromatic rings. The van der Waals surface area contributed by atoms with Crippen LogP contribution in [0.5, 0.6) is 0 Å². The number of halogens is 1. The first-order valence-electron chi connectivity index (χ1n) is 5.19. The van der Waals surface area contributed by atoms with Crippen LogP contribution in [-0.4, -0.2) is 24.4 Å². The molecule has 1 aromatic heterocycles. The maximum Gasteiger partial charge on any atom is 0.0658 e. The van der Waals surface area contributed by atoms with Crippen LogP contribution in [0.2, 0.25) is 6.32 Å². The summed E-state index contributed by atoms with van der Waals surface area (Å²) in [5, 5.41) is 12.9. The summed E-state index contributed by atoms with van der Waals surface area (Å²) in [7, 11) is 5.68. The summed E-state index contributed by atoms with van der Waals surface area (Å²) in [5.74, 6) is 0.452. The van der Waals surface area contributed by atoms with Crippen molar-refractivity contribution in [3.8, 4) is 0 Å². The number of hydrogen-bond donors (Lipinski definition) is 1. The Morgan fingerprint density at radius 2 is 2.31 bits per heavy atom. The van der Waals surface area contributed by atoms with E-state index in [2.05, 4.69) is 11.4 Å². The topological polar surface area (TPSA) is 20.2 Å². The molecule has 0 spiro atoms. The van der Waals surface area contributed by atoms with Gasteiger partial charge in [-0.15, -0.1) is 21.9 Å². The predicted molar refractivity (Wildman–Crippen MR) is 64.7 cm³/mol. The van der Waals surface area contributed by atoms with Gasteiger partial charge < -0.3 is 16.4 Å². The molecule has 1 nitrogen and oxygen atoms in total. The monoisotopic (exact) mass is 328 g/mol. The number of alkyl halides is 1. The zero-order valence-corrected chi connectivity index (χ0v) is 13.4. The zero-order chi connectivity index (χ0) is 10.8. The summed E-state index contributed by atoms with van der Waals surface area (Å²) in [5.41, 5.74) is 0. The molecular formula is C11H13BClOSY-. The van der Waals surface area contributed by atoms with E-state index in [0.717, 1.165) is 6.42 Å². The van der Waals surface area contributed by atoms with E-state index in [1.165, 1.54) is 4.88 Å². The third-order valence-corrected chi connectivity index (χ3v) is 4.53. The SMILES string of the molecule is [B]CC1C(O)CC(Cl)C1Cc1cc[c-]s1.[Y]. The molecule has 3 radical (unpaired) electrons. The maximum atomic E-state index is 9.79. The molecule has 0 bridgehead atoms. The van der Waals surface area contributed by atoms with Crippen molar-refractivity contribution in [3.05, 3.63) is 22.4 Å². The van der Waals surface area contributed by atoms with E-state index in [0.29, 0.717) is 18.7 Å². The van der Waals surface area contributed by atoms with Crippen molar-refractivity contribution in [1.82, 2.24) is 0 Å². The second kappa shape index (κ2) is 6.89. The van der Waals surface area contributed by atoms with Crippen LogP contribution in [0.25, 0.3) is 0 Å². The fourth-order valence-electron chi connectivity index (χ4n) is 2.36. The van der Waals surface area contributed by atoms with Crippen LogP contribution in [0.1, 0.15) is 11.3 Å². The van der Waals surface area contributed by atoms with Gasteiger partial charge in [0.15, 0.2) is 0 Å². The van der Waals surface area contributed by atoms with Crippen LogP contribution < -0.4 is 0 Å². The Kier molecular flexibility index (Phi) is 6.54. The average Bonchev–Trinajstić information content (AvgIpc) is 2.77. The Labute approximate surface area is 132 Å². The van der Waals surface area contributed by atoms with Crippen LogP contribution in [0.15, 0.2) is 12.1 Å². The number of thiophene rings is 1. The molecule has 16 heavy (non-hydrogen) atoms. The van der Waals surface area contributed by atoms with Gasteiger partial charge in [-0.05, 0) is 18.3 Å². The Morgan fingerprint density at radius 1 is 1.56 bits per heavy atom. The molecule has 4 unspecified atom stereocenters. The zero-order valence-electron chi connectivity index (χ0n) is 8.97. The third-order valence-electron chi connectivity index (χ3n) is 3.21. The van der Waals surface area contributed by atoms with Crippen molar-refractivity contribution in [3.63, 3.8) is 0 Å². The average molecular weight is 328 g/mol. The number of aliphatic hydroxyl groups excluding tert-OH is 1. The molecule has 0 aliphatic heterocycles. The number of hydrogen-bond acceptors (Lipinski definition) is 2. The van der Waals surface area contributed by atoms with Crippen molar-refractivity contribution in [2.24, 2.45) is 11.8 Å². The van der Waals surface area contributed by atoms with E-state index in [9.17, 15) is 5.11 Å². The van der Waals surface area contributed by atoms with Crippen LogP contribution in [0, 0.1) is 17.2 Å². The molecule has 83 valence electrons. The molecule has 1 fully saturated rings. The van der Waals surface area contributed by atoms with Crippen LogP contribution in [-0.2, 0) is 39.1 Å². The Morgan fingerprint density at radius 3 is 2.88 bits per heavy atom. The normalized spacial score (nSPS) is 33.6. The van der Waals surface area contributed by atoms with Crippen molar-refractivity contribution in [2.75, 3.05) is 0 Å². The summed E-state index contributed by atoms with van der Waals surface area (Å²) in [6.07, 6.45) is 1.78. The van der Waals surface area contributed by atoms with E-state index < -0.39 is 0 Å². The van der Waals surface area contributed by atoms with E-state index >= 15 is 0 Å². The van der Waals surface area contributed by atoms with Crippen molar-refractivity contribution in [1.29, 1.82) is 0 Å². The quantitative estimate of drug-likeness (QED) is 0.513. The fourth-order valence-corrected chi connectivity index (χ4v) is 3.52. The van der Waals surface area contributed by atoms with Gasteiger partial charge in [-0.3, -0.25) is 0 Å². The van der Waals surface area contributed by atoms with E-state index in [4.69, 9.17) is 19.4 Å². The molecule has 1 aliphatic rings. The van der Waals surface area contributed by atoms with Gasteiger partial charge in [0.2, 0.25) is 0 Å². The molecule has 0 saturated heterocycles. The summed E-state index contributed by atoms with van der Waals surface area (Å²) in [6, 6.07) is 3.98. The van der Waals surface area contributed by atoms with Crippen molar-refractivity contribution >= 4 is 30.8 Å². The first-order chi connectivity index (χ1) is 7.22. The summed E-state index contributed by atoms with van der Waals surface area (Å²) in [6.45, 7) is 0. The van der Waals surface area contributed by atoms with Crippen molar-refractivity contribution < 1.29 is 37.8 Å². The Balaban J connectivity index is 0.00000128. The van der Waals surface area contributed by atoms with Gasteiger partial charge in [-0.1, -0.05) is 12.7 Å². The third kappa shape index (κ3) is 3.32. The minimum atomic E-state index is -0.327. The molecule has 1 N–H and O–H groups in total. The summed E-state index contributed by atoms with van der Waals surface area (Å²) in [4.78, 5) is 1.28. The molecule has 4 atom stereocenters. The van der Waals surface area contributed by atoms with Crippen LogP contribution >= 0.6 is 22.9 Å². The smallest absolute Gasteiger partial charge is 0.0658 e. The second-order valence-corrected chi connectivity index (χ2v) is 5.63. The standard InChI is InChI=1S/C11H13BClOS.Y/c12-6-9-8(10(13)5-11(9)14)4-7-2-1-3-15-7;/h1-2,8-11,14H,4-6H2;/q-1;. The molecule has 0 amide bonds. The van der Waals surface area contributed by atoms with E-state index in [1.807, 2.05) is 6.07 Å². The molecule has 1 heterocycles. The Bertz CT molecular complexity index is 309. The summed E-state index contributed by atoms with van der Waals surface area (Å²) >= 11 is 7.86. The minimum absolute atomic E-state index is 0. The van der Waals surface area contributed by atoms with E-state index in [1.54, 1.807) is 11.3 Å². The molecule has 2 rings (SSSR count). The largest absolute Gasteiger partial charge is 0.393 e. The van der Waals surface area contributed by atoms with E-state index in [-0.39, 0.29) is 50.1 Å².